The number of H-pyrrole nitrogens is 2. The van der Waals surface area contributed by atoms with Crippen LogP contribution in [0.2, 0.25) is 0 Å². The van der Waals surface area contributed by atoms with Crippen LogP contribution in [0.5, 0.6) is 0 Å². The molecule has 0 bridgehead atoms. The van der Waals surface area contributed by atoms with Crippen LogP contribution in [0.4, 0.5) is 5.69 Å². The molecule has 1 amide bonds. The number of aryl methyl sites for hydroxylation is 1. The molecule has 3 aromatic heterocycles. The summed E-state index contributed by atoms with van der Waals surface area (Å²) in [5.74, 6) is -0.172. The molecule has 1 saturated heterocycles. The smallest absolute Gasteiger partial charge is 0.269 e. The van der Waals surface area contributed by atoms with Gasteiger partial charge >= 0.3 is 0 Å². The van der Waals surface area contributed by atoms with Gasteiger partial charge in [-0.25, -0.2) is 4.98 Å². The third-order valence-electron chi connectivity index (χ3n) is 6.12. The maximum absolute atomic E-state index is 12.3. The Morgan fingerprint density at radius 2 is 1.94 bits per heavy atom. The number of aromatic nitrogens is 4. The molecule has 1 fully saturated rings. The van der Waals surface area contributed by atoms with Crippen LogP contribution < -0.4 is 15.8 Å². The van der Waals surface area contributed by atoms with Gasteiger partial charge in [0.05, 0.1) is 34.0 Å². The fraction of sp³-hybridized carbons (Fsp3) is 0.304. The lowest BCUT2D eigenvalue weighted by molar-refractivity contribution is 0.0958. The van der Waals surface area contributed by atoms with E-state index in [1.54, 1.807) is 19.3 Å². The number of piperazine rings is 1. The van der Waals surface area contributed by atoms with Crippen molar-refractivity contribution >= 4 is 33.4 Å². The van der Waals surface area contributed by atoms with E-state index < -0.39 is 0 Å². The normalized spacial score (nSPS) is 14.9. The zero-order valence-corrected chi connectivity index (χ0v) is 18.1. The minimum absolute atomic E-state index is 0.126. The van der Waals surface area contributed by atoms with E-state index in [4.69, 9.17) is 0 Å². The summed E-state index contributed by atoms with van der Waals surface area (Å²) in [4.78, 5) is 36.2. The molecule has 9 heteroatoms. The molecular formula is C23H25N7O2. The van der Waals surface area contributed by atoms with Gasteiger partial charge < -0.3 is 15.2 Å². The van der Waals surface area contributed by atoms with E-state index in [0.29, 0.717) is 11.1 Å². The van der Waals surface area contributed by atoms with E-state index in [9.17, 15) is 9.59 Å². The van der Waals surface area contributed by atoms with Gasteiger partial charge in [-0.2, -0.15) is 5.10 Å². The van der Waals surface area contributed by atoms with Crippen molar-refractivity contribution in [1.29, 1.82) is 0 Å². The van der Waals surface area contributed by atoms with Crippen molar-refractivity contribution in [2.24, 2.45) is 0 Å². The minimum Gasteiger partial charge on any atom is -0.368 e. The van der Waals surface area contributed by atoms with E-state index in [1.807, 2.05) is 19.1 Å². The largest absolute Gasteiger partial charge is 0.368 e. The summed E-state index contributed by atoms with van der Waals surface area (Å²) < 4.78 is 0. The highest BCUT2D eigenvalue weighted by Crippen LogP contribution is 2.23. The Morgan fingerprint density at radius 1 is 1.12 bits per heavy atom. The van der Waals surface area contributed by atoms with Crippen LogP contribution in [0, 0.1) is 6.92 Å². The van der Waals surface area contributed by atoms with Gasteiger partial charge in [-0.1, -0.05) is 12.1 Å². The first-order valence-corrected chi connectivity index (χ1v) is 10.7. The van der Waals surface area contributed by atoms with Gasteiger partial charge in [0.2, 0.25) is 0 Å². The molecule has 0 aliphatic carbocycles. The third-order valence-corrected chi connectivity index (χ3v) is 6.12. The first-order valence-electron chi connectivity index (χ1n) is 10.7. The molecule has 5 rings (SSSR count). The quantitative estimate of drug-likeness (QED) is 0.454. The van der Waals surface area contributed by atoms with Crippen molar-refractivity contribution in [3.8, 4) is 0 Å². The predicted molar refractivity (Wildman–Crippen MR) is 124 cm³/mol. The SMILES string of the molecule is CNC(=O)c1ccc(N2CCN(Cc3ccc4c(c3)[nH]c(=O)c3cn[nH]c34)CC2)c(C)n1. The van der Waals surface area contributed by atoms with Crippen molar-refractivity contribution in [1.82, 2.24) is 30.4 Å². The standard InChI is InChI=1S/C23H25N7O2/c1-14-20(6-5-18(26-14)23(32)24-2)30-9-7-29(8-10-30)13-15-3-4-16-19(11-15)27-22(31)17-12-25-28-21(16)17/h3-6,11-12H,7-10,13H2,1-2H3,(H,24,32)(H,25,28)(H,27,31). The molecule has 0 atom stereocenters. The van der Waals surface area contributed by atoms with Crippen molar-refractivity contribution < 1.29 is 4.79 Å². The van der Waals surface area contributed by atoms with Crippen LogP contribution in [0.3, 0.4) is 0 Å². The summed E-state index contributed by atoms with van der Waals surface area (Å²) in [7, 11) is 1.61. The topological polar surface area (TPSA) is 110 Å². The number of aromatic amines is 2. The molecule has 1 aromatic carbocycles. The Morgan fingerprint density at radius 3 is 2.69 bits per heavy atom. The summed E-state index contributed by atoms with van der Waals surface area (Å²) >= 11 is 0. The van der Waals surface area contributed by atoms with Crippen molar-refractivity contribution in [3.63, 3.8) is 0 Å². The molecule has 0 radical (unpaired) electrons. The highest BCUT2D eigenvalue weighted by molar-refractivity contribution is 6.02. The molecule has 164 valence electrons. The number of anilines is 1. The summed E-state index contributed by atoms with van der Waals surface area (Å²) in [6.07, 6.45) is 1.56. The third kappa shape index (κ3) is 3.60. The second kappa shape index (κ2) is 8.08. The van der Waals surface area contributed by atoms with Crippen molar-refractivity contribution in [2.75, 3.05) is 38.1 Å². The second-order valence-corrected chi connectivity index (χ2v) is 8.14. The number of benzene rings is 1. The Balaban J connectivity index is 1.28. The first-order chi connectivity index (χ1) is 15.5. The number of nitrogens with one attached hydrogen (secondary N) is 3. The highest BCUT2D eigenvalue weighted by Gasteiger charge is 2.20. The zero-order chi connectivity index (χ0) is 22.2. The van der Waals surface area contributed by atoms with Gasteiger partial charge in [-0.15, -0.1) is 0 Å². The van der Waals surface area contributed by atoms with Crippen LogP contribution in [0.15, 0.2) is 41.3 Å². The van der Waals surface area contributed by atoms with E-state index >= 15 is 0 Å². The number of pyridine rings is 2. The fourth-order valence-corrected chi connectivity index (χ4v) is 4.41. The average molecular weight is 432 g/mol. The molecule has 32 heavy (non-hydrogen) atoms. The summed E-state index contributed by atoms with van der Waals surface area (Å²) in [6.45, 7) is 6.39. The number of amides is 1. The van der Waals surface area contributed by atoms with Crippen LogP contribution in [-0.2, 0) is 6.54 Å². The van der Waals surface area contributed by atoms with Gasteiger partial charge in [0.1, 0.15) is 5.69 Å². The van der Waals surface area contributed by atoms with E-state index in [2.05, 4.69) is 47.4 Å². The van der Waals surface area contributed by atoms with Crippen LogP contribution >= 0.6 is 0 Å². The molecule has 4 heterocycles. The molecule has 3 N–H and O–H groups in total. The lowest BCUT2D eigenvalue weighted by atomic mass is 10.1. The highest BCUT2D eigenvalue weighted by atomic mass is 16.1. The monoisotopic (exact) mass is 431 g/mol. The van der Waals surface area contributed by atoms with Crippen LogP contribution in [0.25, 0.3) is 21.8 Å². The number of carbonyl (C=O) groups excluding carboxylic acids is 1. The summed E-state index contributed by atoms with van der Waals surface area (Å²) in [6, 6.07) is 9.97. The molecule has 1 aliphatic rings. The first kappa shape index (κ1) is 20.2. The van der Waals surface area contributed by atoms with Gasteiger partial charge in [0.25, 0.3) is 11.5 Å². The van der Waals surface area contributed by atoms with Gasteiger partial charge in [-0.05, 0) is 30.7 Å². The number of hydrogen-bond acceptors (Lipinski definition) is 6. The molecular weight excluding hydrogens is 406 g/mol. The van der Waals surface area contributed by atoms with Crippen molar-refractivity contribution in [2.45, 2.75) is 13.5 Å². The molecule has 9 nitrogen and oxygen atoms in total. The van der Waals surface area contributed by atoms with E-state index in [1.165, 1.54) is 0 Å². The summed E-state index contributed by atoms with van der Waals surface area (Å²) in [5, 5.41) is 11.1. The molecule has 4 aromatic rings. The van der Waals surface area contributed by atoms with Gasteiger partial charge in [-0.3, -0.25) is 19.6 Å². The molecule has 1 aliphatic heterocycles. The van der Waals surface area contributed by atoms with Crippen molar-refractivity contribution in [3.05, 3.63) is 63.8 Å². The van der Waals surface area contributed by atoms with Crippen LogP contribution in [-0.4, -0.2) is 64.2 Å². The minimum atomic E-state index is -0.172. The zero-order valence-electron chi connectivity index (χ0n) is 18.1. The number of hydrogen-bond donors (Lipinski definition) is 3. The molecule has 0 saturated carbocycles. The molecule has 0 unspecified atom stereocenters. The second-order valence-electron chi connectivity index (χ2n) is 8.14. The number of nitrogens with zero attached hydrogens (tertiary/aromatic N) is 4. The van der Waals surface area contributed by atoms with E-state index in [0.717, 1.165) is 66.1 Å². The van der Waals surface area contributed by atoms with Crippen LogP contribution in [0.1, 0.15) is 21.7 Å². The Bertz CT molecular complexity index is 1370. The predicted octanol–water partition coefficient (Wildman–Crippen LogP) is 1.79. The van der Waals surface area contributed by atoms with E-state index in [-0.39, 0.29) is 11.5 Å². The Kier molecular flexibility index (Phi) is 5.10. The molecule has 0 spiro atoms. The Labute approximate surface area is 184 Å². The lowest BCUT2D eigenvalue weighted by Gasteiger charge is -2.36. The average Bonchev–Trinajstić information content (AvgIpc) is 3.30. The maximum Gasteiger partial charge on any atom is 0.269 e. The number of fused-ring (bicyclic) bond motifs is 3. The maximum atomic E-state index is 12.3. The Hall–Kier alpha value is -3.72. The summed E-state index contributed by atoms with van der Waals surface area (Å²) in [5.41, 5.74) is 5.00. The van der Waals surface area contributed by atoms with Gasteiger partial charge in [0.15, 0.2) is 0 Å². The number of rotatable bonds is 4. The fourth-order valence-electron chi connectivity index (χ4n) is 4.41. The lowest BCUT2D eigenvalue weighted by Crippen LogP contribution is -2.46. The van der Waals surface area contributed by atoms with Gasteiger partial charge in [0, 0.05) is 45.2 Å². The number of carbonyl (C=O) groups is 1.